The van der Waals surface area contributed by atoms with E-state index in [1.807, 2.05) is 36.4 Å². The number of piperazine rings is 1. The largest absolute Gasteiger partial charge is 0.329 e. The molecule has 7 heteroatoms. The van der Waals surface area contributed by atoms with Crippen LogP contribution in [0.5, 0.6) is 0 Å². The van der Waals surface area contributed by atoms with E-state index in [2.05, 4.69) is 57.6 Å². The van der Waals surface area contributed by atoms with Crippen molar-refractivity contribution in [3.8, 4) is 0 Å². The fourth-order valence-electron chi connectivity index (χ4n) is 4.76. The third-order valence-corrected chi connectivity index (χ3v) is 6.71. The van der Waals surface area contributed by atoms with Gasteiger partial charge in [0.25, 0.3) is 0 Å². The number of aryl methyl sites for hydroxylation is 1. The lowest BCUT2D eigenvalue weighted by Gasteiger charge is -2.34. The van der Waals surface area contributed by atoms with Gasteiger partial charge < -0.3 is 5.32 Å². The summed E-state index contributed by atoms with van der Waals surface area (Å²) in [5.41, 5.74) is 4.71. The van der Waals surface area contributed by atoms with E-state index in [-0.39, 0.29) is 18.1 Å². The monoisotopic (exact) mass is 469 g/mol. The number of hydrogen-bond acceptors (Lipinski definition) is 4. The van der Waals surface area contributed by atoms with E-state index >= 15 is 0 Å². The summed E-state index contributed by atoms with van der Waals surface area (Å²) in [5.74, 6) is -0.217. The molecule has 0 saturated carbocycles. The van der Waals surface area contributed by atoms with Crippen molar-refractivity contribution in [2.45, 2.75) is 19.6 Å². The van der Waals surface area contributed by atoms with Crippen LogP contribution in [0.4, 0.5) is 5.69 Å². The van der Waals surface area contributed by atoms with Gasteiger partial charge in [0.15, 0.2) is 0 Å². The van der Waals surface area contributed by atoms with Gasteiger partial charge in [0.2, 0.25) is 5.91 Å². The predicted octanol–water partition coefficient (Wildman–Crippen LogP) is 3.30. The van der Waals surface area contributed by atoms with Crippen molar-refractivity contribution in [2.75, 3.05) is 31.5 Å². The Bertz CT molecular complexity index is 1350. The summed E-state index contributed by atoms with van der Waals surface area (Å²) in [4.78, 5) is 30.2. The van der Waals surface area contributed by atoms with Gasteiger partial charge in [-0.2, -0.15) is 0 Å². The van der Waals surface area contributed by atoms with Gasteiger partial charge in [-0.1, -0.05) is 54.6 Å². The number of rotatable bonds is 7. The smallest absolute Gasteiger partial charge is 0.325 e. The summed E-state index contributed by atoms with van der Waals surface area (Å²) < 4.78 is 3.08. The minimum atomic E-state index is -0.217. The Morgan fingerprint density at radius 3 is 1.91 bits per heavy atom. The lowest BCUT2D eigenvalue weighted by Crippen LogP contribution is -2.45. The maximum absolute atomic E-state index is 12.7. The van der Waals surface area contributed by atoms with Crippen LogP contribution in [-0.2, 0) is 31.5 Å². The number of nitrogens with one attached hydrogen (secondary N) is 1. The Kier molecular flexibility index (Phi) is 6.79. The Hall–Kier alpha value is -3.68. The molecule has 0 bridgehead atoms. The summed E-state index contributed by atoms with van der Waals surface area (Å²) in [6.45, 7) is 6.12. The normalized spacial score (nSPS) is 14.9. The molecule has 3 aromatic carbocycles. The van der Waals surface area contributed by atoms with Gasteiger partial charge in [0.05, 0.1) is 11.0 Å². The number of anilines is 1. The lowest BCUT2D eigenvalue weighted by atomic mass is 10.1. The first-order valence-electron chi connectivity index (χ1n) is 12.1. The molecule has 4 aromatic rings. The highest BCUT2D eigenvalue weighted by Gasteiger charge is 2.17. The zero-order valence-electron chi connectivity index (χ0n) is 20.1. The molecule has 1 N–H and O–H groups in total. The molecule has 2 heterocycles. The summed E-state index contributed by atoms with van der Waals surface area (Å²) in [6, 6.07) is 26.1. The van der Waals surface area contributed by atoms with E-state index < -0.39 is 0 Å². The number of benzene rings is 3. The Morgan fingerprint density at radius 1 is 0.743 bits per heavy atom. The maximum atomic E-state index is 12.7. The fourth-order valence-corrected chi connectivity index (χ4v) is 4.76. The van der Waals surface area contributed by atoms with Crippen molar-refractivity contribution >= 4 is 22.6 Å². The molecule has 1 saturated heterocycles. The molecule has 0 aliphatic carbocycles. The Labute approximate surface area is 205 Å². The van der Waals surface area contributed by atoms with Crippen molar-refractivity contribution in [2.24, 2.45) is 7.05 Å². The molecule has 35 heavy (non-hydrogen) atoms. The first-order valence-corrected chi connectivity index (χ1v) is 12.1. The molecule has 5 rings (SSSR count). The molecule has 7 nitrogen and oxygen atoms in total. The number of nitrogens with zero attached hydrogens (tertiary/aromatic N) is 4. The number of imidazole rings is 1. The van der Waals surface area contributed by atoms with Crippen LogP contribution in [0.1, 0.15) is 11.1 Å². The predicted molar refractivity (Wildman–Crippen MR) is 139 cm³/mol. The average molecular weight is 470 g/mol. The van der Waals surface area contributed by atoms with Gasteiger partial charge in [-0.3, -0.25) is 23.7 Å². The van der Waals surface area contributed by atoms with Crippen LogP contribution < -0.4 is 11.0 Å². The van der Waals surface area contributed by atoms with Crippen molar-refractivity contribution in [1.82, 2.24) is 18.9 Å². The molecule has 0 unspecified atom stereocenters. The van der Waals surface area contributed by atoms with Crippen molar-refractivity contribution < 1.29 is 4.79 Å². The summed E-state index contributed by atoms with van der Waals surface area (Å²) >= 11 is 0. The van der Waals surface area contributed by atoms with Crippen LogP contribution in [0.15, 0.2) is 83.7 Å². The minimum Gasteiger partial charge on any atom is -0.325 e. The first kappa shape index (κ1) is 23.1. The van der Waals surface area contributed by atoms with E-state index in [1.54, 1.807) is 11.6 Å². The number of carbonyl (C=O) groups excluding carboxylic acids is 1. The molecule has 1 amide bonds. The minimum absolute atomic E-state index is 0.0187. The maximum Gasteiger partial charge on any atom is 0.329 e. The van der Waals surface area contributed by atoms with E-state index in [0.29, 0.717) is 0 Å². The molecule has 180 valence electrons. The van der Waals surface area contributed by atoms with Crippen LogP contribution in [0.25, 0.3) is 11.0 Å². The summed E-state index contributed by atoms with van der Waals surface area (Å²) in [7, 11) is 1.72. The van der Waals surface area contributed by atoms with Gasteiger partial charge >= 0.3 is 5.69 Å². The Morgan fingerprint density at radius 2 is 1.29 bits per heavy atom. The fraction of sp³-hybridized carbons (Fsp3) is 0.286. The average Bonchev–Trinajstić information content (AvgIpc) is 3.12. The number of carbonyl (C=O) groups is 1. The second kappa shape index (κ2) is 10.3. The third kappa shape index (κ3) is 5.37. The second-order valence-electron chi connectivity index (χ2n) is 9.20. The molecular weight excluding hydrogens is 438 g/mol. The van der Waals surface area contributed by atoms with Crippen LogP contribution in [0, 0.1) is 0 Å². The third-order valence-electron chi connectivity index (χ3n) is 6.71. The molecule has 0 atom stereocenters. The highest BCUT2D eigenvalue weighted by molar-refractivity contribution is 5.91. The van der Waals surface area contributed by atoms with Crippen molar-refractivity contribution in [1.29, 1.82) is 0 Å². The summed E-state index contributed by atoms with van der Waals surface area (Å²) in [6.07, 6.45) is 0. The molecule has 1 aliphatic heterocycles. The van der Waals surface area contributed by atoms with Gasteiger partial charge in [-0.15, -0.1) is 0 Å². The van der Waals surface area contributed by atoms with E-state index in [4.69, 9.17) is 0 Å². The zero-order valence-corrected chi connectivity index (χ0v) is 20.1. The van der Waals surface area contributed by atoms with E-state index in [9.17, 15) is 9.59 Å². The SMILES string of the molecule is Cn1c(=O)n(CC(=O)Nc2ccc(CN3CCN(Cc4ccccc4)CC3)cc2)c2ccccc21. The van der Waals surface area contributed by atoms with Crippen molar-refractivity contribution in [3.05, 3.63) is 100 Å². The number of para-hydroxylation sites is 2. The van der Waals surface area contributed by atoms with Gasteiger partial charge in [-0.25, -0.2) is 4.79 Å². The standard InChI is InChI=1S/C28H31N5O2/c1-30-25-9-5-6-10-26(25)33(28(30)35)21-27(34)29-24-13-11-23(12-14-24)20-32-17-15-31(16-18-32)19-22-7-3-2-4-8-22/h2-14H,15-21H2,1H3,(H,29,34). The zero-order chi connectivity index (χ0) is 24.2. The van der Waals surface area contributed by atoms with Crippen LogP contribution in [-0.4, -0.2) is 51.0 Å². The molecule has 1 fully saturated rings. The summed E-state index contributed by atoms with van der Waals surface area (Å²) in [5, 5.41) is 2.92. The first-order chi connectivity index (χ1) is 17.1. The van der Waals surface area contributed by atoms with Crippen LogP contribution in [0.2, 0.25) is 0 Å². The highest BCUT2D eigenvalue weighted by Crippen LogP contribution is 2.15. The number of hydrogen-bond donors (Lipinski definition) is 1. The molecular formula is C28H31N5O2. The number of fused-ring (bicyclic) bond motifs is 1. The van der Waals surface area contributed by atoms with E-state index in [0.717, 1.165) is 56.0 Å². The van der Waals surface area contributed by atoms with Gasteiger partial charge in [-0.05, 0) is 35.4 Å². The topological polar surface area (TPSA) is 62.5 Å². The van der Waals surface area contributed by atoms with Crippen LogP contribution in [0.3, 0.4) is 0 Å². The second-order valence-corrected chi connectivity index (χ2v) is 9.20. The molecule has 1 aromatic heterocycles. The van der Waals surface area contributed by atoms with Crippen molar-refractivity contribution in [3.63, 3.8) is 0 Å². The molecule has 0 spiro atoms. The van der Waals surface area contributed by atoms with E-state index in [1.165, 1.54) is 15.7 Å². The quantitative estimate of drug-likeness (QED) is 0.451. The molecule has 1 aliphatic rings. The van der Waals surface area contributed by atoms with Gasteiger partial charge in [0, 0.05) is 52.0 Å². The highest BCUT2D eigenvalue weighted by atomic mass is 16.2. The lowest BCUT2D eigenvalue weighted by molar-refractivity contribution is -0.116. The van der Waals surface area contributed by atoms with Gasteiger partial charge in [0.1, 0.15) is 6.54 Å². The number of aromatic nitrogens is 2. The van der Waals surface area contributed by atoms with Crippen LogP contribution >= 0.6 is 0 Å². The molecule has 0 radical (unpaired) electrons. The number of amides is 1. The Balaban J connectivity index is 1.13.